The van der Waals surface area contributed by atoms with E-state index in [9.17, 15) is 9.59 Å². The molecule has 0 aliphatic carbocycles. The largest absolute Gasteiger partial charge is 0.480 e. The number of carboxylic acid groups (broad SMARTS) is 1. The zero-order valence-electron chi connectivity index (χ0n) is 12.5. The molecule has 110 valence electrons. The highest BCUT2D eigenvalue weighted by Crippen LogP contribution is 2.32. The normalized spacial score (nSPS) is 25.4. The first-order chi connectivity index (χ1) is 8.61. The maximum atomic E-state index is 12.3. The zero-order chi connectivity index (χ0) is 14.8. The summed E-state index contributed by atoms with van der Waals surface area (Å²) in [5.41, 5.74) is 0.192. The molecule has 4 nitrogen and oxygen atoms in total. The molecular formula is C14H25NO3S. The van der Waals surface area contributed by atoms with Crippen LogP contribution in [0.1, 0.15) is 47.5 Å². The number of nitrogens with zero attached hydrogens (tertiary/aromatic N) is 1. The predicted molar refractivity (Wildman–Crippen MR) is 78.0 cm³/mol. The Bertz CT molecular complexity index is 351. The van der Waals surface area contributed by atoms with Crippen LogP contribution in [0, 0.1) is 11.3 Å². The maximum Gasteiger partial charge on any atom is 0.327 e. The smallest absolute Gasteiger partial charge is 0.327 e. The Kier molecular flexibility index (Phi) is 5.30. The Morgan fingerprint density at radius 3 is 2.47 bits per heavy atom. The number of carbonyl (C=O) groups excluding carboxylic acids is 1. The van der Waals surface area contributed by atoms with E-state index in [-0.39, 0.29) is 22.6 Å². The van der Waals surface area contributed by atoms with Gasteiger partial charge in [0, 0.05) is 12.2 Å². The predicted octanol–water partition coefficient (Wildman–Crippen LogP) is 2.82. The van der Waals surface area contributed by atoms with Gasteiger partial charge in [0.1, 0.15) is 6.04 Å². The molecule has 0 aromatic carbocycles. The van der Waals surface area contributed by atoms with E-state index in [0.29, 0.717) is 12.2 Å². The first-order valence-electron chi connectivity index (χ1n) is 6.77. The Morgan fingerprint density at radius 2 is 2.00 bits per heavy atom. The van der Waals surface area contributed by atoms with Crippen LogP contribution in [0.25, 0.3) is 0 Å². The molecule has 5 heteroatoms. The van der Waals surface area contributed by atoms with Crippen LogP contribution in [-0.4, -0.2) is 39.1 Å². The molecule has 0 radical (unpaired) electrons. The molecule has 1 aliphatic heterocycles. The molecule has 1 amide bonds. The molecule has 1 aliphatic rings. The van der Waals surface area contributed by atoms with Crippen LogP contribution in [0.4, 0.5) is 0 Å². The Labute approximate surface area is 119 Å². The molecule has 3 atom stereocenters. The highest BCUT2D eigenvalue weighted by Gasteiger charge is 2.39. The van der Waals surface area contributed by atoms with E-state index in [4.69, 9.17) is 5.11 Å². The van der Waals surface area contributed by atoms with Crippen molar-refractivity contribution < 1.29 is 14.7 Å². The van der Waals surface area contributed by atoms with Crippen LogP contribution in [0.2, 0.25) is 0 Å². The molecular weight excluding hydrogens is 262 g/mol. The van der Waals surface area contributed by atoms with Crippen LogP contribution in [0.5, 0.6) is 0 Å². The molecule has 1 fully saturated rings. The fourth-order valence-corrected chi connectivity index (χ4v) is 3.92. The summed E-state index contributed by atoms with van der Waals surface area (Å²) in [7, 11) is 0. The topological polar surface area (TPSA) is 57.6 Å². The molecule has 1 N–H and O–H groups in total. The molecule has 3 unspecified atom stereocenters. The molecule has 19 heavy (non-hydrogen) atoms. The van der Waals surface area contributed by atoms with Gasteiger partial charge in [0.2, 0.25) is 5.91 Å². The minimum absolute atomic E-state index is 0.0262. The van der Waals surface area contributed by atoms with Crippen molar-refractivity contribution in [1.82, 2.24) is 4.90 Å². The second-order valence-corrected chi connectivity index (χ2v) is 8.01. The lowest BCUT2D eigenvalue weighted by atomic mass is 9.84. The van der Waals surface area contributed by atoms with Crippen molar-refractivity contribution in [3.63, 3.8) is 0 Å². The van der Waals surface area contributed by atoms with Gasteiger partial charge in [0.05, 0.1) is 5.37 Å². The van der Waals surface area contributed by atoms with Crippen molar-refractivity contribution in [2.24, 2.45) is 11.3 Å². The molecule has 0 saturated carbocycles. The van der Waals surface area contributed by atoms with E-state index in [2.05, 4.69) is 27.7 Å². The van der Waals surface area contributed by atoms with E-state index >= 15 is 0 Å². The van der Waals surface area contributed by atoms with Crippen molar-refractivity contribution >= 4 is 23.6 Å². The fraction of sp³-hybridized carbons (Fsp3) is 0.857. The third kappa shape index (κ3) is 4.71. The SMILES string of the molecule is CC(CC(=O)N1C(C)SCC1C(=O)O)CC(C)(C)C. The highest BCUT2D eigenvalue weighted by molar-refractivity contribution is 8.00. The van der Waals surface area contributed by atoms with Gasteiger partial charge < -0.3 is 10.0 Å². The lowest BCUT2D eigenvalue weighted by Gasteiger charge is -2.28. The molecule has 0 aromatic rings. The van der Waals surface area contributed by atoms with Crippen LogP contribution in [-0.2, 0) is 9.59 Å². The lowest BCUT2D eigenvalue weighted by Crippen LogP contribution is -2.45. The third-order valence-corrected chi connectivity index (χ3v) is 4.50. The van der Waals surface area contributed by atoms with Crippen LogP contribution in [0.15, 0.2) is 0 Å². The van der Waals surface area contributed by atoms with Crippen molar-refractivity contribution in [2.75, 3.05) is 5.75 Å². The standard InChI is InChI=1S/C14H25NO3S/c1-9(7-14(3,4)5)6-12(16)15-10(2)19-8-11(15)13(17)18/h9-11H,6-8H2,1-5H3,(H,17,18). The van der Waals surface area contributed by atoms with Gasteiger partial charge in [-0.05, 0) is 24.7 Å². The summed E-state index contributed by atoms with van der Waals surface area (Å²) >= 11 is 1.53. The number of rotatable bonds is 4. The summed E-state index contributed by atoms with van der Waals surface area (Å²) in [5.74, 6) is -0.148. The van der Waals surface area contributed by atoms with Crippen LogP contribution >= 0.6 is 11.8 Å². The van der Waals surface area contributed by atoms with Gasteiger partial charge in [-0.2, -0.15) is 0 Å². The first kappa shape index (κ1) is 16.3. The number of hydrogen-bond donors (Lipinski definition) is 1. The Hall–Kier alpha value is -0.710. The monoisotopic (exact) mass is 287 g/mol. The van der Waals surface area contributed by atoms with Gasteiger partial charge in [0.15, 0.2) is 0 Å². The van der Waals surface area contributed by atoms with Crippen molar-refractivity contribution in [2.45, 2.75) is 58.9 Å². The average Bonchev–Trinajstić information content (AvgIpc) is 2.56. The molecule has 0 aromatic heterocycles. The van der Waals surface area contributed by atoms with Gasteiger partial charge in [-0.3, -0.25) is 4.79 Å². The lowest BCUT2D eigenvalue weighted by molar-refractivity contribution is -0.149. The van der Waals surface area contributed by atoms with E-state index in [1.165, 1.54) is 11.8 Å². The van der Waals surface area contributed by atoms with Gasteiger partial charge >= 0.3 is 5.97 Å². The second kappa shape index (κ2) is 6.16. The average molecular weight is 287 g/mol. The maximum absolute atomic E-state index is 12.3. The van der Waals surface area contributed by atoms with Gasteiger partial charge in [-0.1, -0.05) is 27.7 Å². The van der Waals surface area contributed by atoms with E-state index < -0.39 is 12.0 Å². The number of hydrogen-bond acceptors (Lipinski definition) is 3. The molecule has 1 saturated heterocycles. The van der Waals surface area contributed by atoms with Crippen molar-refractivity contribution in [3.8, 4) is 0 Å². The summed E-state index contributed by atoms with van der Waals surface area (Å²) in [5, 5.41) is 9.13. The van der Waals surface area contributed by atoms with Gasteiger partial charge in [-0.15, -0.1) is 11.8 Å². The molecule has 1 heterocycles. The zero-order valence-corrected chi connectivity index (χ0v) is 13.3. The Morgan fingerprint density at radius 1 is 1.42 bits per heavy atom. The quantitative estimate of drug-likeness (QED) is 0.864. The number of carbonyl (C=O) groups is 2. The first-order valence-corrected chi connectivity index (χ1v) is 7.82. The van der Waals surface area contributed by atoms with E-state index in [1.807, 2.05) is 6.92 Å². The van der Waals surface area contributed by atoms with Crippen molar-refractivity contribution in [1.29, 1.82) is 0 Å². The summed E-state index contributed by atoms with van der Waals surface area (Å²) in [6.45, 7) is 10.4. The summed E-state index contributed by atoms with van der Waals surface area (Å²) < 4.78 is 0. The van der Waals surface area contributed by atoms with Gasteiger partial charge in [0.25, 0.3) is 0 Å². The van der Waals surface area contributed by atoms with Crippen LogP contribution < -0.4 is 0 Å². The molecule has 1 rings (SSSR count). The number of thioether (sulfide) groups is 1. The second-order valence-electron chi connectivity index (χ2n) is 6.66. The highest BCUT2D eigenvalue weighted by atomic mass is 32.2. The van der Waals surface area contributed by atoms with E-state index in [1.54, 1.807) is 4.90 Å². The third-order valence-electron chi connectivity index (χ3n) is 3.28. The minimum Gasteiger partial charge on any atom is -0.480 e. The minimum atomic E-state index is -0.895. The van der Waals surface area contributed by atoms with E-state index in [0.717, 1.165) is 6.42 Å². The fourth-order valence-electron chi connectivity index (χ4n) is 2.73. The number of aliphatic carboxylic acids is 1. The molecule has 0 bridgehead atoms. The summed E-state index contributed by atoms with van der Waals surface area (Å²) in [6.07, 6.45) is 1.40. The summed E-state index contributed by atoms with van der Waals surface area (Å²) in [6, 6.07) is -0.658. The van der Waals surface area contributed by atoms with Crippen LogP contribution in [0.3, 0.4) is 0 Å². The summed E-state index contributed by atoms with van der Waals surface area (Å²) in [4.78, 5) is 25.0. The number of carboxylic acids is 1. The molecule has 0 spiro atoms. The Balaban J connectivity index is 2.63. The van der Waals surface area contributed by atoms with Crippen molar-refractivity contribution in [3.05, 3.63) is 0 Å². The van der Waals surface area contributed by atoms with Gasteiger partial charge in [-0.25, -0.2) is 4.79 Å². The number of amides is 1.